The second-order valence-electron chi connectivity index (χ2n) is 4.38. The molecule has 1 amide bonds. The maximum absolute atomic E-state index is 11.6. The van der Waals surface area contributed by atoms with Crippen LogP contribution in [0.5, 0.6) is 0 Å². The molecule has 0 aliphatic carbocycles. The number of allylic oxidation sites excluding steroid dienone is 1. The molecule has 98 valence electrons. The van der Waals surface area contributed by atoms with Crippen molar-refractivity contribution in [2.75, 3.05) is 6.54 Å². The van der Waals surface area contributed by atoms with Crippen LogP contribution in [0.2, 0.25) is 0 Å². The van der Waals surface area contributed by atoms with Gasteiger partial charge in [0.2, 0.25) is 5.91 Å². The first-order chi connectivity index (χ1) is 8.76. The summed E-state index contributed by atoms with van der Waals surface area (Å²) in [7, 11) is 0. The molecule has 2 heteroatoms. The molecule has 0 saturated carbocycles. The molecule has 2 nitrogen and oxygen atoms in total. The maximum atomic E-state index is 11.6. The third kappa shape index (κ3) is 5.67. The van der Waals surface area contributed by atoms with Gasteiger partial charge in [-0.25, -0.2) is 0 Å². The smallest absolute Gasteiger partial charge is 0.220 e. The largest absolute Gasteiger partial charge is 0.356 e. The molecule has 0 fully saturated rings. The standard InChI is InChI=1S/C16H23NO/c1-3-5-6-13-17-16(18)12-11-15-9-7-14(4-2)8-10-15/h3,5,7-10H,4,6,11-13H2,1-2H3,(H,17,18)/b5-3+. The van der Waals surface area contributed by atoms with E-state index in [1.807, 2.05) is 13.0 Å². The number of amides is 1. The highest BCUT2D eigenvalue weighted by Crippen LogP contribution is 2.07. The minimum absolute atomic E-state index is 0.138. The summed E-state index contributed by atoms with van der Waals surface area (Å²) in [5.74, 6) is 0.138. The number of carbonyl (C=O) groups excluding carboxylic acids is 1. The monoisotopic (exact) mass is 245 g/mol. The molecule has 0 radical (unpaired) electrons. The van der Waals surface area contributed by atoms with Gasteiger partial charge >= 0.3 is 0 Å². The summed E-state index contributed by atoms with van der Waals surface area (Å²) in [6.45, 7) is 4.87. The van der Waals surface area contributed by atoms with Crippen LogP contribution in [-0.4, -0.2) is 12.5 Å². The Morgan fingerprint density at radius 3 is 2.50 bits per heavy atom. The molecule has 0 aliphatic heterocycles. The van der Waals surface area contributed by atoms with Crippen LogP contribution in [0.4, 0.5) is 0 Å². The predicted octanol–water partition coefficient (Wildman–Crippen LogP) is 3.26. The summed E-state index contributed by atoms with van der Waals surface area (Å²) >= 11 is 0. The van der Waals surface area contributed by atoms with Gasteiger partial charge in [-0.05, 0) is 37.3 Å². The van der Waals surface area contributed by atoms with Crippen LogP contribution in [0.15, 0.2) is 36.4 Å². The first-order valence-corrected chi connectivity index (χ1v) is 6.72. The number of nitrogens with one attached hydrogen (secondary N) is 1. The number of rotatable bonds is 7. The van der Waals surface area contributed by atoms with Crippen LogP contribution >= 0.6 is 0 Å². The van der Waals surface area contributed by atoms with Gasteiger partial charge in [0.1, 0.15) is 0 Å². The van der Waals surface area contributed by atoms with Crippen LogP contribution in [0, 0.1) is 0 Å². The number of benzene rings is 1. The fraction of sp³-hybridized carbons (Fsp3) is 0.438. The summed E-state index contributed by atoms with van der Waals surface area (Å²) in [6.07, 6.45) is 7.42. The molecule has 0 aromatic heterocycles. The van der Waals surface area contributed by atoms with Gasteiger partial charge in [-0.3, -0.25) is 4.79 Å². The second-order valence-corrected chi connectivity index (χ2v) is 4.38. The summed E-state index contributed by atoms with van der Waals surface area (Å²) in [4.78, 5) is 11.6. The molecule has 0 unspecified atom stereocenters. The van der Waals surface area contributed by atoms with E-state index in [9.17, 15) is 4.79 Å². The molecular formula is C16H23NO. The number of carbonyl (C=O) groups is 1. The summed E-state index contributed by atoms with van der Waals surface area (Å²) in [6, 6.07) is 8.51. The van der Waals surface area contributed by atoms with E-state index in [-0.39, 0.29) is 5.91 Å². The Bertz CT molecular complexity index is 379. The van der Waals surface area contributed by atoms with Gasteiger partial charge in [-0.1, -0.05) is 43.3 Å². The van der Waals surface area contributed by atoms with Gasteiger partial charge in [0, 0.05) is 13.0 Å². The van der Waals surface area contributed by atoms with Gasteiger partial charge in [-0.2, -0.15) is 0 Å². The molecular weight excluding hydrogens is 222 g/mol. The van der Waals surface area contributed by atoms with Gasteiger partial charge in [0.15, 0.2) is 0 Å². The van der Waals surface area contributed by atoms with E-state index in [1.54, 1.807) is 0 Å². The van der Waals surface area contributed by atoms with Gasteiger partial charge < -0.3 is 5.32 Å². The number of hydrogen-bond donors (Lipinski definition) is 1. The second kappa shape index (κ2) is 8.51. The fourth-order valence-corrected chi connectivity index (χ4v) is 1.75. The molecule has 1 N–H and O–H groups in total. The lowest BCUT2D eigenvalue weighted by molar-refractivity contribution is -0.121. The molecule has 1 rings (SSSR count). The zero-order chi connectivity index (χ0) is 13.2. The predicted molar refractivity (Wildman–Crippen MR) is 76.6 cm³/mol. The quantitative estimate of drug-likeness (QED) is 0.580. The van der Waals surface area contributed by atoms with Gasteiger partial charge in [0.25, 0.3) is 0 Å². The Kier molecular flexibility index (Phi) is 6.85. The summed E-state index contributed by atoms with van der Waals surface area (Å²) in [5, 5.41) is 2.92. The first kappa shape index (κ1) is 14.5. The molecule has 0 atom stereocenters. The van der Waals surface area contributed by atoms with Crippen LogP contribution in [0.3, 0.4) is 0 Å². The molecule has 0 spiro atoms. The van der Waals surface area contributed by atoms with Crippen LogP contribution in [0.25, 0.3) is 0 Å². The Balaban J connectivity index is 2.24. The molecule has 1 aromatic carbocycles. The highest BCUT2D eigenvalue weighted by atomic mass is 16.1. The number of aryl methyl sites for hydroxylation is 2. The van der Waals surface area contributed by atoms with E-state index < -0.39 is 0 Å². The van der Waals surface area contributed by atoms with Gasteiger partial charge in [0.05, 0.1) is 0 Å². The summed E-state index contributed by atoms with van der Waals surface area (Å²) in [5.41, 5.74) is 2.57. The van der Waals surface area contributed by atoms with Crippen molar-refractivity contribution in [1.82, 2.24) is 5.32 Å². The Morgan fingerprint density at radius 2 is 1.89 bits per heavy atom. The highest BCUT2D eigenvalue weighted by Gasteiger charge is 2.01. The van der Waals surface area contributed by atoms with E-state index in [1.165, 1.54) is 11.1 Å². The normalized spacial score (nSPS) is 10.8. The van der Waals surface area contributed by atoms with E-state index in [0.717, 1.165) is 25.8 Å². The zero-order valence-corrected chi connectivity index (χ0v) is 11.4. The third-order valence-electron chi connectivity index (χ3n) is 2.94. The lowest BCUT2D eigenvalue weighted by Crippen LogP contribution is -2.24. The zero-order valence-electron chi connectivity index (χ0n) is 11.4. The minimum Gasteiger partial charge on any atom is -0.356 e. The van der Waals surface area contributed by atoms with Crippen molar-refractivity contribution in [2.24, 2.45) is 0 Å². The van der Waals surface area contributed by atoms with E-state index in [0.29, 0.717) is 6.42 Å². The lowest BCUT2D eigenvalue weighted by atomic mass is 10.1. The van der Waals surface area contributed by atoms with E-state index in [4.69, 9.17) is 0 Å². The Hall–Kier alpha value is -1.57. The van der Waals surface area contributed by atoms with E-state index in [2.05, 4.69) is 42.6 Å². The van der Waals surface area contributed by atoms with Crippen molar-refractivity contribution >= 4 is 5.91 Å². The molecule has 1 aromatic rings. The molecule has 0 heterocycles. The van der Waals surface area contributed by atoms with Crippen LogP contribution in [0.1, 0.15) is 37.8 Å². The average Bonchev–Trinajstić information content (AvgIpc) is 2.42. The van der Waals surface area contributed by atoms with Crippen LogP contribution < -0.4 is 5.32 Å². The van der Waals surface area contributed by atoms with Crippen molar-refractivity contribution < 1.29 is 4.79 Å². The van der Waals surface area contributed by atoms with Crippen molar-refractivity contribution in [3.63, 3.8) is 0 Å². The lowest BCUT2D eigenvalue weighted by Gasteiger charge is -2.04. The molecule has 0 bridgehead atoms. The fourth-order valence-electron chi connectivity index (χ4n) is 1.75. The van der Waals surface area contributed by atoms with Crippen molar-refractivity contribution in [1.29, 1.82) is 0 Å². The van der Waals surface area contributed by atoms with Crippen molar-refractivity contribution in [3.05, 3.63) is 47.5 Å². The maximum Gasteiger partial charge on any atom is 0.220 e. The van der Waals surface area contributed by atoms with Crippen LogP contribution in [-0.2, 0) is 17.6 Å². The highest BCUT2D eigenvalue weighted by molar-refractivity contribution is 5.76. The van der Waals surface area contributed by atoms with E-state index >= 15 is 0 Å². The third-order valence-corrected chi connectivity index (χ3v) is 2.94. The first-order valence-electron chi connectivity index (χ1n) is 6.72. The Labute approximate surface area is 110 Å². The number of hydrogen-bond acceptors (Lipinski definition) is 1. The summed E-state index contributed by atoms with van der Waals surface area (Å²) < 4.78 is 0. The SMILES string of the molecule is C/C=C/CCNC(=O)CCc1ccc(CC)cc1. The topological polar surface area (TPSA) is 29.1 Å². The molecule has 0 saturated heterocycles. The molecule has 0 aliphatic rings. The van der Waals surface area contributed by atoms with Crippen molar-refractivity contribution in [3.8, 4) is 0 Å². The van der Waals surface area contributed by atoms with Crippen molar-refractivity contribution in [2.45, 2.75) is 39.5 Å². The Morgan fingerprint density at radius 1 is 1.22 bits per heavy atom. The van der Waals surface area contributed by atoms with Gasteiger partial charge in [-0.15, -0.1) is 0 Å². The average molecular weight is 245 g/mol. The molecule has 18 heavy (non-hydrogen) atoms. The minimum atomic E-state index is 0.138.